The van der Waals surface area contributed by atoms with Crippen LogP contribution < -0.4 is 86.7 Å². The summed E-state index contributed by atoms with van der Waals surface area (Å²) in [5.74, 6) is 11.4. The summed E-state index contributed by atoms with van der Waals surface area (Å²) in [4.78, 5) is 87.9. The number of imidazole rings is 2. The van der Waals surface area contributed by atoms with E-state index in [-0.39, 0.29) is 38.7 Å². The van der Waals surface area contributed by atoms with Gasteiger partial charge in [0, 0.05) is 125 Å². The summed E-state index contributed by atoms with van der Waals surface area (Å²) < 4.78 is 65.5. The quantitative estimate of drug-likeness (QED) is 0.0227. The zero-order chi connectivity index (χ0) is 108. The molecule has 17 rings (SSSR count). The number of halogens is 5. The molecule has 36 nitrogen and oxygen atoms in total. The Morgan fingerprint density at radius 2 is 0.567 bits per heavy atom. The van der Waals surface area contributed by atoms with E-state index in [0.717, 1.165) is 108 Å². The first kappa shape index (κ1) is 110. The predicted octanol–water partition coefficient (Wildman–Crippen LogP) is 26.2. The molecule has 782 valence electrons. The monoisotopic (exact) mass is 2080 g/mol. The lowest BCUT2D eigenvalue weighted by Gasteiger charge is -2.20. The average molecular weight is 2080 g/mol. The van der Waals surface area contributed by atoms with Crippen LogP contribution in [0.25, 0.3) is 22.1 Å². The maximum Gasteiger partial charge on any atom is 0.416 e. The van der Waals surface area contributed by atoms with Gasteiger partial charge in [0.2, 0.25) is 71.4 Å². The third-order valence-electron chi connectivity index (χ3n) is 21.9. The lowest BCUT2D eigenvalue weighted by Crippen LogP contribution is -2.19. The van der Waals surface area contributed by atoms with Gasteiger partial charge in [0.05, 0.1) is 78.9 Å². The number of fused-ring (bicyclic) bond motifs is 2. The van der Waals surface area contributed by atoms with Crippen molar-refractivity contribution >= 4 is 174 Å². The molecule has 17 aromatic rings. The summed E-state index contributed by atoms with van der Waals surface area (Å²) in [6.07, 6.45) is -4.43. The smallest absolute Gasteiger partial charge is 0.416 e. The number of benzene rings is 10. The van der Waals surface area contributed by atoms with Gasteiger partial charge >= 0.3 is 6.18 Å². The van der Waals surface area contributed by atoms with Crippen molar-refractivity contribution < 1.29 is 36.9 Å². The first-order chi connectivity index (χ1) is 71.0. The molecule has 41 heteroatoms. The zero-order valence-corrected chi connectivity index (χ0v) is 90.2. The molecule has 7 aromatic heterocycles. The number of nitrogens with one attached hydrogen (secondary N) is 12. The molecule has 0 fully saturated rings. The number of para-hydroxylation sites is 4. The van der Waals surface area contributed by atoms with Crippen LogP contribution in [0.5, 0.6) is 28.7 Å². The number of aryl methyl sites for hydroxylation is 2. The molecule has 0 unspecified atom stereocenters. The van der Waals surface area contributed by atoms with Crippen molar-refractivity contribution in [3.8, 4) is 28.7 Å². The fourth-order valence-corrected chi connectivity index (χ4v) is 14.3. The van der Waals surface area contributed by atoms with Crippen molar-refractivity contribution in [2.75, 3.05) is 127 Å². The van der Waals surface area contributed by atoms with Crippen LogP contribution in [0.3, 0.4) is 0 Å². The highest BCUT2D eigenvalue weighted by molar-refractivity contribution is 6.32. The summed E-state index contributed by atoms with van der Waals surface area (Å²) in [6, 6.07) is 66.7. The van der Waals surface area contributed by atoms with Gasteiger partial charge in [0.25, 0.3) is 0 Å². The molecule has 150 heavy (non-hydrogen) atoms. The number of rotatable bonds is 27. The number of alkyl halides is 3. The van der Waals surface area contributed by atoms with Crippen LogP contribution in [0.2, 0.25) is 10.0 Å². The molecule has 0 spiro atoms. The van der Waals surface area contributed by atoms with E-state index in [1.807, 2.05) is 235 Å². The van der Waals surface area contributed by atoms with Crippen molar-refractivity contribution in [2.45, 2.75) is 151 Å². The molecule has 0 aliphatic carbocycles. The Bertz CT molecular complexity index is 7160. The van der Waals surface area contributed by atoms with E-state index in [4.69, 9.17) is 46.9 Å². The van der Waals surface area contributed by atoms with Gasteiger partial charge in [-0.05, 0) is 183 Å². The van der Waals surface area contributed by atoms with Crippen molar-refractivity contribution in [1.82, 2.24) is 94.7 Å². The minimum Gasteiger partial charge on any atom is -0.497 e. The second-order valence-electron chi connectivity index (χ2n) is 40.0. The maximum absolute atomic E-state index is 13.0. The largest absolute Gasteiger partial charge is 0.497 e. The van der Waals surface area contributed by atoms with Gasteiger partial charge in [-0.2, -0.15) is 87.9 Å². The maximum atomic E-state index is 13.0. The summed E-state index contributed by atoms with van der Waals surface area (Å²) >= 11 is 12.5. The second kappa shape index (κ2) is 47.8. The molecule has 0 saturated heterocycles. The molecule has 0 atom stereocenters. The number of H-pyrrole nitrogens is 2. The fraction of sp³-hybridized carbons (Fsp3) is 0.294. The van der Waals surface area contributed by atoms with E-state index >= 15 is 0 Å². The number of hydrogen-bond acceptors (Lipinski definition) is 34. The lowest BCUT2D eigenvalue weighted by molar-refractivity contribution is -0.137. The number of methoxy groups -OCH3 is 5. The Balaban J connectivity index is 0.000000156. The van der Waals surface area contributed by atoms with E-state index in [2.05, 4.69) is 244 Å². The van der Waals surface area contributed by atoms with Gasteiger partial charge in [-0.25, -0.2) is 9.97 Å². The standard InChI is InChI=1S/C23H27Cl2N5O3.C23H31N7.C21H22F3N5.C21H21N9.C21H25N5O2/c1-12-8-13(24)17(31-5)10-15(12)26-21-28-20(23(2,3)4)29-22(30-21)27-16-11-18(32-6)14(25)9-19(16)33-7;1-23(2,3)20-26-21(24-16-8-12-18(13-9-16)29(4)5)28-22(27-20)25-17-10-14-19(15-11-17)30(6)7;1-13-7-5-9-15(11-13)25-18-27-17(20(2,3)4)28-19(29-18)26-16-10-6-8-14(12-16)21(22,23)24;1-21(2,3)16-26-19(28-17-22-12-8-4-5-9-13(12)23-17)30-20(27-16)29-18-24-14-10-6-7-11-15(14)25-18;1-21(2,3)18-24-19(22-14-6-10-16(27-4)11-7-14)26-20(25-18)23-15-8-12-17(28-5)13-9-15/h8-11H,1-7H3,(H2,26,27,28,29,30);8-15H,1-7H3,(H2,24,25,26,27,28);5-12H,1-4H3,(H2,25,26,27,28,29);4-11H,1-3H3,(H4,22,23,24,25,26,27,28,29,30);6-13H,1-5H3,(H2,22,23,24,25,26). The number of anilines is 22. The van der Waals surface area contributed by atoms with Gasteiger partial charge in [-0.15, -0.1) is 0 Å². The predicted molar refractivity (Wildman–Crippen MR) is 595 cm³/mol. The highest BCUT2D eigenvalue weighted by Gasteiger charge is 2.32. The zero-order valence-electron chi connectivity index (χ0n) is 88.7. The third-order valence-corrected chi connectivity index (χ3v) is 22.5. The molecule has 12 N–H and O–H groups in total. The Labute approximate surface area is 880 Å². The van der Waals surface area contributed by atoms with Crippen LogP contribution in [-0.2, 0) is 33.3 Å². The molecule has 0 radical (unpaired) electrons. The van der Waals surface area contributed by atoms with Gasteiger partial charge in [-0.3, -0.25) is 10.6 Å². The first-order valence-electron chi connectivity index (χ1n) is 47.7. The van der Waals surface area contributed by atoms with E-state index in [0.29, 0.717) is 122 Å². The van der Waals surface area contributed by atoms with Crippen LogP contribution in [0.15, 0.2) is 218 Å². The number of aromatic amines is 2. The molecule has 0 amide bonds. The van der Waals surface area contributed by atoms with Crippen molar-refractivity contribution in [1.29, 1.82) is 0 Å². The van der Waals surface area contributed by atoms with Crippen LogP contribution in [-0.4, -0.2) is 158 Å². The number of aromatic nitrogens is 19. The Hall–Kier alpha value is -16.8. The number of ether oxygens (including phenoxy) is 5. The third kappa shape index (κ3) is 31.1. The van der Waals surface area contributed by atoms with Crippen LogP contribution >= 0.6 is 23.2 Å². The van der Waals surface area contributed by atoms with Gasteiger partial charge in [0.1, 0.15) is 57.9 Å². The van der Waals surface area contributed by atoms with Crippen LogP contribution in [0, 0.1) is 13.8 Å². The van der Waals surface area contributed by atoms with Crippen molar-refractivity contribution in [3.05, 3.63) is 274 Å². The molecule has 10 aromatic carbocycles. The van der Waals surface area contributed by atoms with Crippen LogP contribution in [0.4, 0.5) is 141 Å². The second-order valence-corrected chi connectivity index (χ2v) is 40.8. The normalized spacial score (nSPS) is 11.4. The van der Waals surface area contributed by atoms with Gasteiger partial charge in [0.15, 0.2) is 0 Å². The molecule has 7 heterocycles. The van der Waals surface area contributed by atoms with E-state index < -0.39 is 11.7 Å². The lowest BCUT2D eigenvalue weighted by atomic mass is 9.96. The Morgan fingerprint density at radius 3 is 0.880 bits per heavy atom. The Kier molecular flexibility index (Phi) is 35.2. The number of hydrogen-bond donors (Lipinski definition) is 12. The van der Waals surface area contributed by atoms with E-state index in [9.17, 15) is 13.2 Å². The summed E-state index contributed by atoms with van der Waals surface area (Å²) in [5, 5.41) is 32.8. The average Bonchev–Trinajstić information content (AvgIpc) is 1.50. The van der Waals surface area contributed by atoms with E-state index in [1.54, 1.807) is 53.7 Å². The molecule has 0 aliphatic rings. The SMILES string of the molecule is CC(C)(C)c1nc(Nc2nc3ccccc3[nH]2)nc(Nc2nc3ccccc3[nH]2)n1.CN(C)c1ccc(Nc2nc(Nc3ccc(N(C)C)cc3)nc(C(C)(C)C)n2)cc1.COc1cc(Nc2nc(Nc3cc(OC)c(Cl)cc3OC)nc(C(C)(C)C)n2)c(C)cc1Cl.COc1ccc(Nc2nc(Nc3ccc(OC)cc3)nc(C(C)(C)C)n2)cc1.Cc1cccc(Nc2nc(Nc3cccc(C(F)(F)F)c3)nc(C(C)(C)C)n2)c1. The minimum absolute atomic E-state index is 0.166. The summed E-state index contributed by atoms with van der Waals surface area (Å²) in [6.45, 7) is 34.5. The highest BCUT2D eigenvalue weighted by Crippen LogP contribution is 2.41. The summed E-state index contributed by atoms with van der Waals surface area (Å²) in [5.41, 5.74) is 11.7. The Morgan fingerprint density at radius 1 is 0.273 bits per heavy atom. The molecule has 0 bridgehead atoms. The summed E-state index contributed by atoms with van der Waals surface area (Å²) in [7, 11) is 16.0. The first-order valence-corrected chi connectivity index (χ1v) is 48.5. The van der Waals surface area contributed by atoms with Gasteiger partial charge in [-0.1, -0.05) is 170 Å². The van der Waals surface area contributed by atoms with Crippen molar-refractivity contribution in [2.24, 2.45) is 0 Å². The fourth-order valence-electron chi connectivity index (χ4n) is 13.8. The molecular formula is C109H126Cl2F3N31O5. The molecule has 0 saturated carbocycles. The molecular weight excluding hydrogens is 1950 g/mol. The minimum atomic E-state index is -4.43. The highest BCUT2D eigenvalue weighted by atomic mass is 35.5. The van der Waals surface area contributed by atoms with E-state index in [1.165, 1.54) is 12.1 Å². The van der Waals surface area contributed by atoms with Gasteiger partial charge < -0.3 is 86.0 Å². The van der Waals surface area contributed by atoms with Crippen molar-refractivity contribution in [3.63, 3.8) is 0 Å². The topological polar surface area (TPSA) is 424 Å². The molecule has 0 aliphatic heterocycles. The number of nitrogens with zero attached hydrogens (tertiary/aromatic N) is 19. The van der Waals surface area contributed by atoms with Crippen LogP contribution in [0.1, 0.15) is 150 Å².